The summed E-state index contributed by atoms with van der Waals surface area (Å²) in [5, 5.41) is 3.35. The highest BCUT2D eigenvalue weighted by molar-refractivity contribution is 5.76. The molecule has 3 aliphatic rings. The second kappa shape index (κ2) is 11.9. The third kappa shape index (κ3) is 6.99. The van der Waals surface area contributed by atoms with Crippen molar-refractivity contribution < 1.29 is 9.53 Å². The third-order valence-corrected chi connectivity index (χ3v) is 7.41. The summed E-state index contributed by atoms with van der Waals surface area (Å²) in [6.07, 6.45) is 14.1. The molecule has 1 aromatic rings. The van der Waals surface area contributed by atoms with E-state index in [4.69, 9.17) is 4.74 Å². The fourth-order valence-corrected chi connectivity index (χ4v) is 5.70. The van der Waals surface area contributed by atoms with Gasteiger partial charge in [0.25, 0.3) is 0 Å². The number of likely N-dealkylation sites (tertiary alicyclic amines) is 1. The molecule has 31 heavy (non-hydrogen) atoms. The maximum Gasteiger partial charge on any atom is 0.220 e. The SMILES string of the molecule is O=C(CC[C@H]1CN(Cc2ccncc2)CC[C@H]1N1CCOCC1)NC1CCCCCC1. The summed E-state index contributed by atoms with van der Waals surface area (Å²) in [7, 11) is 0. The van der Waals surface area contributed by atoms with E-state index >= 15 is 0 Å². The van der Waals surface area contributed by atoms with Gasteiger partial charge in [-0.15, -0.1) is 0 Å². The molecule has 6 nitrogen and oxygen atoms in total. The first kappa shape index (κ1) is 22.7. The Labute approximate surface area is 187 Å². The minimum absolute atomic E-state index is 0.263. The fourth-order valence-electron chi connectivity index (χ4n) is 5.70. The lowest BCUT2D eigenvalue weighted by molar-refractivity contribution is -0.122. The van der Waals surface area contributed by atoms with Crippen molar-refractivity contribution in [3.63, 3.8) is 0 Å². The summed E-state index contributed by atoms with van der Waals surface area (Å²) in [6, 6.07) is 5.20. The van der Waals surface area contributed by atoms with Crippen LogP contribution in [0.15, 0.2) is 24.5 Å². The Morgan fingerprint density at radius 2 is 1.77 bits per heavy atom. The van der Waals surface area contributed by atoms with Crippen molar-refractivity contribution in [1.82, 2.24) is 20.1 Å². The van der Waals surface area contributed by atoms with E-state index < -0.39 is 0 Å². The van der Waals surface area contributed by atoms with E-state index in [1.165, 1.54) is 37.7 Å². The van der Waals surface area contributed by atoms with Gasteiger partial charge in [0, 0.05) is 57.1 Å². The van der Waals surface area contributed by atoms with E-state index in [0.29, 0.717) is 24.4 Å². The molecule has 1 saturated carbocycles. The Morgan fingerprint density at radius 1 is 1.03 bits per heavy atom. The van der Waals surface area contributed by atoms with Crippen LogP contribution in [0.4, 0.5) is 0 Å². The molecule has 0 unspecified atom stereocenters. The molecule has 1 N–H and O–H groups in total. The highest BCUT2D eigenvalue weighted by atomic mass is 16.5. The number of ether oxygens (including phenoxy) is 1. The lowest BCUT2D eigenvalue weighted by Crippen LogP contribution is -2.54. The first-order valence-corrected chi connectivity index (χ1v) is 12.5. The molecule has 0 aromatic carbocycles. The third-order valence-electron chi connectivity index (χ3n) is 7.41. The number of carbonyl (C=O) groups is 1. The first-order valence-electron chi connectivity index (χ1n) is 12.5. The Kier molecular flexibility index (Phi) is 8.73. The predicted octanol–water partition coefficient (Wildman–Crippen LogP) is 3.22. The molecule has 1 aliphatic carbocycles. The number of rotatable bonds is 7. The first-order chi connectivity index (χ1) is 15.3. The van der Waals surface area contributed by atoms with Crippen LogP contribution in [-0.2, 0) is 16.1 Å². The Balaban J connectivity index is 1.33. The molecule has 3 fully saturated rings. The minimum atomic E-state index is 0.263. The summed E-state index contributed by atoms with van der Waals surface area (Å²) >= 11 is 0. The van der Waals surface area contributed by atoms with Crippen LogP contribution in [0.3, 0.4) is 0 Å². The van der Waals surface area contributed by atoms with Gasteiger partial charge in [-0.2, -0.15) is 0 Å². The minimum Gasteiger partial charge on any atom is -0.379 e. The number of amides is 1. The predicted molar refractivity (Wildman–Crippen MR) is 123 cm³/mol. The monoisotopic (exact) mass is 428 g/mol. The van der Waals surface area contributed by atoms with Gasteiger partial charge >= 0.3 is 0 Å². The highest BCUT2D eigenvalue weighted by Gasteiger charge is 2.34. The van der Waals surface area contributed by atoms with Gasteiger partial charge in [0.15, 0.2) is 0 Å². The fraction of sp³-hybridized carbons (Fsp3) is 0.760. The van der Waals surface area contributed by atoms with Crippen molar-refractivity contribution in [3.05, 3.63) is 30.1 Å². The van der Waals surface area contributed by atoms with Crippen LogP contribution in [0.2, 0.25) is 0 Å². The molecule has 4 rings (SSSR count). The van der Waals surface area contributed by atoms with Crippen LogP contribution < -0.4 is 5.32 Å². The summed E-state index contributed by atoms with van der Waals surface area (Å²) < 4.78 is 5.60. The van der Waals surface area contributed by atoms with Crippen molar-refractivity contribution in [3.8, 4) is 0 Å². The standard InChI is InChI=1S/C25H40N4O2/c30-25(27-23-5-3-1-2-4-6-23)8-7-22-20-28(19-21-9-12-26-13-10-21)14-11-24(22)29-15-17-31-18-16-29/h9-10,12-13,22-24H,1-8,11,14-20H2,(H,27,30)/t22-,24+/m0/s1. The lowest BCUT2D eigenvalue weighted by Gasteiger charge is -2.45. The van der Waals surface area contributed by atoms with Crippen molar-refractivity contribution in [2.24, 2.45) is 5.92 Å². The summed E-state index contributed by atoms with van der Waals surface area (Å²) in [4.78, 5) is 22.1. The second-order valence-electron chi connectivity index (χ2n) is 9.65. The summed E-state index contributed by atoms with van der Waals surface area (Å²) in [6.45, 7) is 6.90. The topological polar surface area (TPSA) is 57.7 Å². The van der Waals surface area contributed by atoms with Crippen LogP contribution in [0.5, 0.6) is 0 Å². The normalized spacial score (nSPS) is 27.0. The van der Waals surface area contributed by atoms with Gasteiger partial charge in [-0.1, -0.05) is 25.7 Å². The molecule has 0 radical (unpaired) electrons. The van der Waals surface area contributed by atoms with E-state index in [0.717, 1.165) is 65.2 Å². The van der Waals surface area contributed by atoms with Gasteiger partial charge in [0.1, 0.15) is 0 Å². The zero-order valence-corrected chi connectivity index (χ0v) is 19.0. The van der Waals surface area contributed by atoms with Crippen LogP contribution >= 0.6 is 0 Å². The zero-order valence-electron chi connectivity index (χ0n) is 19.0. The smallest absolute Gasteiger partial charge is 0.220 e. The Morgan fingerprint density at radius 3 is 2.52 bits per heavy atom. The maximum absolute atomic E-state index is 12.8. The molecule has 1 aromatic heterocycles. The number of piperidine rings is 1. The molecule has 1 amide bonds. The number of hydrogen-bond donors (Lipinski definition) is 1. The van der Waals surface area contributed by atoms with Crippen LogP contribution in [0.1, 0.15) is 63.4 Å². The van der Waals surface area contributed by atoms with Crippen molar-refractivity contribution in [2.75, 3.05) is 39.4 Å². The number of morpholine rings is 1. The number of carbonyl (C=O) groups excluding carboxylic acids is 1. The maximum atomic E-state index is 12.8. The van der Waals surface area contributed by atoms with E-state index in [9.17, 15) is 4.79 Å². The van der Waals surface area contributed by atoms with Gasteiger partial charge in [-0.25, -0.2) is 0 Å². The van der Waals surface area contributed by atoms with Gasteiger partial charge in [-0.3, -0.25) is 19.6 Å². The van der Waals surface area contributed by atoms with Crippen LogP contribution in [0, 0.1) is 5.92 Å². The van der Waals surface area contributed by atoms with Gasteiger partial charge in [-0.05, 0) is 55.8 Å². The molecule has 2 saturated heterocycles. The molecule has 0 spiro atoms. The molecule has 0 bridgehead atoms. The van der Waals surface area contributed by atoms with Crippen LogP contribution in [0.25, 0.3) is 0 Å². The molecule has 2 aliphatic heterocycles. The van der Waals surface area contributed by atoms with E-state index in [-0.39, 0.29) is 5.91 Å². The molecular formula is C25H40N4O2. The van der Waals surface area contributed by atoms with Crippen molar-refractivity contribution >= 4 is 5.91 Å². The molecular weight excluding hydrogens is 388 g/mol. The Hall–Kier alpha value is -1.50. The number of hydrogen-bond acceptors (Lipinski definition) is 5. The average Bonchev–Trinajstić information content (AvgIpc) is 3.08. The molecule has 6 heteroatoms. The molecule has 2 atom stereocenters. The number of nitrogens with zero attached hydrogens (tertiary/aromatic N) is 3. The van der Waals surface area contributed by atoms with Gasteiger partial charge < -0.3 is 10.1 Å². The van der Waals surface area contributed by atoms with Gasteiger partial charge in [0.05, 0.1) is 13.2 Å². The zero-order chi connectivity index (χ0) is 21.3. The van der Waals surface area contributed by atoms with Crippen LogP contribution in [-0.4, -0.2) is 72.2 Å². The largest absolute Gasteiger partial charge is 0.379 e. The van der Waals surface area contributed by atoms with Crippen molar-refractivity contribution in [2.45, 2.75) is 76.4 Å². The van der Waals surface area contributed by atoms with Crippen molar-refractivity contribution in [1.29, 1.82) is 0 Å². The van der Waals surface area contributed by atoms with E-state index in [2.05, 4.69) is 32.2 Å². The van der Waals surface area contributed by atoms with Gasteiger partial charge in [0.2, 0.25) is 5.91 Å². The Bertz CT molecular complexity index is 657. The molecule has 172 valence electrons. The highest BCUT2D eigenvalue weighted by Crippen LogP contribution is 2.28. The number of aromatic nitrogens is 1. The lowest BCUT2D eigenvalue weighted by atomic mass is 9.86. The number of nitrogens with one attached hydrogen (secondary N) is 1. The quantitative estimate of drug-likeness (QED) is 0.676. The number of pyridine rings is 1. The summed E-state index contributed by atoms with van der Waals surface area (Å²) in [5.41, 5.74) is 1.32. The second-order valence-corrected chi connectivity index (χ2v) is 9.65. The average molecular weight is 429 g/mol. The summed E-state index contributed by atoms with van der Waals surface area (Å²) in [5.74, 6) is 0.799. The van der Waals surface area contributed by atoms with E-state index in [1.54, 1.807) is 0 Å². The molecule has 3 heterocycles. The van der Waals surface area contributed by atoms with E-state index in [1.807, 2.05) is 12.4 Å².